The van der Waals surface area contributed by atoms with Crippen LogP contribution in [-0.2, 0) is 9.59 Å². The summed E-state index contributed by atoms with van der Waals surface area (Å²) in [5, 5.41) is 0. The van der Waals surface area contributed by atoms with E-state index in [1.54, 1.807) is 24.3 Å². The minimum Gasteiger partial charge on any atom is -0.497 e. The second kappa shape index (κ2) is 7.27. The third kappa shape index (κ3) is 3.02. The van der Waals surface area contributed by atoms with Gasteiger partial charge in [0.05, 0.1) is 18.9 Å². The number of methoxy groups -OCH3 is 1. The first kappa shape index (κ1) is 20.1. The number of likely N-dealkylation sites (tertiary alicyclic amines) is 1. The number of carbonyl (C=O) groups is 3. The summed E-state index contributed by atoms with van der Waals surface area (Å²) in [5.41, 5.74) is 0.752. The Balaban J connectivity index is 1.34. The Morgan fingerprint density at radius 1 is 1.03 bits per heavy atom. The molecule has 1 aliphatic heterocycles. The highest BCUT2D eigenvalue weighted by molar-refractivity contribution is 6.10. The maximum absolute atomic E-state index is 13.6. The third-order valence-electron chi connectivity index (χ3n) is 7.74. The van der Waals surface area contributed by atoms with Crippen LogP contribution in [0.25, 0.3) is 0 Å². The van der Waals surface area contributed by atoms with E-state index in [9.17, 15) is 18.8 Å². The summed E-state index contributed by atoms with van der Waals surface area (Å²) in [6.45, 7) is -0.207. The molecule has 2 aromatic rings. The summed E-state index contributed by atoms with van der Waals surface area (Å²) in [4.78, 5) is 43.0. The molecule has 3 amide bonds. The molecular formula is C26H23FN2O4. The number of amides is 3. The van der Waals surface area contributed by atoms with Crippen LogP contribution < -0.4 is 9.64 Å². The summed E-state index contributed by atoms with van der Waals surface area (Å²) < 4.78 is 18.8. The highest BCUT2D eigenvalue weighted by Gasteiger charge is 2.67. The van der Waals surface area contributed by atoms with Gasteiger partial charge in [-0.2, -0.15) is 0 Å². The molecule has 1 saturated heterocycles. The summed E-state index contributed by atoms with van der Waals surface area (Å²) in [6, 6.07) is 12.1. The molecule has 2 bridgehead atoms. The van der Waals surface area contributed by atoms with Gasteiger partial charge in [-0.05, 0) is 72.6 Å². The molecule has 0 radical (unpaired) electrons. The first-order valence-electron chi connectivity index (χ1n) is 11.2. The number of hydrogen-bond donors (Lipinski definition) is 0. The van der Waals surface area contributed by atoms with Crippen LogP contribution in [-0.4, -0.2) is 36.4 Å². The van der Waals surface area contributed by atoms with Gasteiger partial charge in [-0.25, -0.2) is 4.39 Å². The zero-order chi connectivity index (χ0) is 22.9. The van der Waals surface area contributed by atoms with Crippen LogP contribution in [0.15, 0.2) is 60.7 Å². The number of allylic oxidation sites excluding steroid dienone is 2. The van der Waals surface area contributed by atoms with Gasteiger partial charge < -0.3 is 4.74 Å². The van der Waals surface area contributed by atoms with E-state index in [0.29, 0.717) is 28.8 Å². The van der Waals surface area contributed by atoms with E-state index in [0.717, 1.165) is 6.42 Å². The topological polar surface area (TPSA) is 66.9 Å². The largest absolute Gasteiger partial charge is 0.497 e. The maximum atomic E-state index is 13.6. The molecule has 1 heterocycles. The Morgan fingerprint density at radius 2 is 1.67 bits per heavy atom. The van der Waals surface area contributed by atoms with Crippen LogP contribution in [0, 0.1) is 41.3 Å². The number of imide groups is 1. The summed E-state index contributed by atoms with van der Waals surface area (Å²) in [6.07, 6.45) is 5.33. The summed E-state index contributed by atoms with van der Waals surface area (Å²) in [7, 11) is 1.51. The van der Waals surface area contributed by atoms with Crippen molar-refractivity contribution < 1.29 is 23.5 Å². The molecule has 2 aromatic carbocycles. The lowest BCUT2D eigenvalue weighted by Gasteiger charge is -2.37. The van der Waals surface area contributed by atoms with Crippen LogP contribution in [0.5, 0.6) is 5.75 Å². The fourth-order valence-electron chi connectivity index (χ4n) is 6.10. The van der Waals surface area contributed by atoms with Crippen molar-refractivity contribution in [2.45, 2.75) is 6.42 Å². The molecule has 6 unspecified atom stereocenters. The highest BCUT2D eigenvalue weighted by atomic mass is 19.1. The number of halogens is 1. The van der Waals surface area contributed by atoms with Gasteiger partial charge in [-0.3, -0.25) is 24.2 Å². The van der Waals surface area contributed by atoms with Crippen molar-refractivity contribution in [3.8, 4) is 5.75 Å². The van der Waals surface area contributed by atoms with E-state index < -0.39 is 11.7 Å². The number of anilines is 1. The monoisotopic (exact) mass is 446 g/mol. The molecule has 3 fully saturated rings. The Labute approximate surface area is 190 Å². The van der Waals surface area contributed by atoms with Crippen LogP contribution in [0.2, 0.25) is 0 Å². The third-order valence-corrected chi connectivity index (χ3v) is 7.74. The number of benzene rings is 2. The molecule has 7 heteroatoms. The fraction of sp³-hybridized carbons (Fsp3) is 0.346. The number of ether oxygens (including phenoxy) is 1. The molecule has 7 rings (SSSR count). The van der Waals surface area contributed by atoms with E-state index >= 15 is 0 Å². The summed E-state index contributed by atoms with van der Waals surface area (Å²) >= 11 is 0. The smallest absolute Gasteiger partial charge is 0.259 e. The molecule has 4 aliphatic carbocycles. The normalized spacial score (nSPS) is 30.8. The quantitative estimate of drug-likeness (QED) is 0.521. The van der Waals surface area contributed by atoms with Gasteiger partial charge in [0, 0.05) is 11.3 Å². The van der Waals surface area contributed by atoms with Gasteiger partial charge in [-0.1, -0.05) is 18.2 Å². The average molecular weight is 446 g/mol. The molecule has 0 spiro atoms. The molecule has 0 N–H and O–H groups in total. The predicted molar refractivity (Wildman–Crippen MR) is 118 cm³/mol. The van der Waals surface area contributed by atoms with Crippen molar-refractivity contribution in [1.82, 2.24) is 4.90 Å². The molecule has 6 atom stereocenters. The molecular weight excluding hydrogens is 423 g/mol. The summed E-state index contributed by atoms with van der Waals surface area (Å²) in [5.74, 6) is -0.180. The van der Waals surface area contributed by atoms with E-state index in [1.165, 1.54) is 41.2 Å². The zero-order valence-corrected chi connectivity index (χ0v) is 18.1. The van der Waals surface area contributed by atoms with Crippen LogP contribution in [0.4, 0.5) is 10.1 Å². The lowest BCUT2D eigenvalue weighted by Crippen LogP contribution is -2.45. The van der Waals surface area contributed by atoms with Gasteiger partial charge in [0.15, 0.2) is 0 Å². The second-order valence-corrected chi connectivity index (χ2v) is 9.34. The first-order valence-corrected chi connectivity index (χ1v) is 11.2. The minimum absolute atomic E-state index is 0.111. The zero-order valence-electron chi connectivity index (χ0n) is 18.1. The lowest BCUT2D eigenvalue weighted by molar-refractivity contribution is -0.140. The maximum Gasteiger partial charge on any atom is 0.259 e. The Hall–Kier alpha value is -3.48. The van der Waals surface area contributed by atoms with E-state index in [1.807, 2.05) is 0 Å². The number of hydrogen-bond acceptors (Lipinski definition) is 4. The molecule has 6 nitrogen and oxygen atoms in total. The average Bonchev–Trinajstić information content (AvgIpc) is 3.63. The molecule has 2 saturated carbocycles. The fourth-order valence-corrected chi connectivity index (χ4v) is 6.10. The Morgan fingerprint density at radius 3 is 2.27 bits per heavy atom. The van der Waals surface area contributed by atoms with Crippen molar-refractivity contribution in [2.24, 2.45) is 35.5 Å². The van der Waals surface area contributed by atoms with Crippen LogP contribution >= 0.6 is 0 Å². The number of nitrogens with zero attached hydrogens (tertiary/aromatic N) is 2. The first-order chi connectivity index (χ1) is 16.0. The number of rotatable bonds is 5. The van der Waals surface area contributed by atoms with Gasteiger partial charge in [0.1, 0.15) is 18.2 Å². The molecule has 0 aromatic heterocycles. The molecule has 5 aliphatic rings. The SMILES string of the molecule is COc1cccc(C(=O)N(CN2C(=O)C3C4C=CC(C5CC45)C3C2=O)c2ccc(F)cc2)c1. The van der Waals surface area contributed by atoms with Crippen LogP contribution in [0.3, 0.4) is 0 Å². The predicted octanol–water partition coefficient (Wildman–Crippen LogP) is 3.49. The van der Waals surface area contributed by atoms with Crippen LogP contribution in [0.1, 0.15) is 16.8 Å². The van der Waals surface area contributed by atoms with Gasteiger partial charge in [0.25, 0.3) is 5.91 Å². The Bertz CT molecular complexity index is 1160. The van der Waals surface area contributed by atoms with Gasteiger partial charge in [0.2, 0.25) is 11.8 Å². The van der Waals surface area contributed by atoms with E-state index in [4.69, 9.17) is 4.74 Å². The highest BCUT2D eigenvalue weighted by Crippen LogP contribution is 2.65. The Kier molecular flexibility index (Phi) is 4.44. The van der Waals surface area contributed by atoms with Gasteiger partial charge >= 0.3 is 0 Å². The van der Waals surface area contributed by atoms with Crippen molar-refractivity contribution in [1.29, 1.82) is 0 Å². The lowest BCUT2D eigenvalue weighted by atomic mass is 9.63. The van der Waals surface area contributed by atoms with Crippen molar-refractivity contribution in [3.63, 3.8) is 0 Å². The number of carbonyl (C=O) groups excluding carboxylic acids is 3. The molecule has 168 valence electrons. The van der Waals surface area contributed by atoms with Crippen molar-refractivity contribution in [3.05, 3.63) is 72.1 Å². The van der Waals surface area contributed by atoms with E-state index in [2.05, 4.69) is 12.2 Å². The second-order valence-electron chi connectivity index (χ2n) is 9.34. The standard InChI is InChI=1S/C26H23FN2O4/c1-33-17-4-2-3-14(11-17)24(30)28(16-7-5-15(27)6-8-16)13-29-25(31)22-18-9-10-19(21-12-20(18)21)23(22)26(29)32/h2-11,18-23H,12-13H2,1H3. The van der Waals surface area contributed by atoms with Crippen molar-refractivity contribution >= 4 is 23.4 Å². The minimum atomic E-state index is -0.436. The molecule has 33 heavy (non-hydrogen) atoms. The van der Waals surface area contributed by atoms with E-state index in [-0.39, 0.29) is 42.2 Å². The van der Waals surface area contributed by atoms with Crippen molar-refractivity contribution in [2.75, 3.05) is 18.7 Å². The van der Waals surface area contributed by atoms with Gasteiger partial charge in [-0.15, -0.1) is 0 Å².